The number of hydrogen-bond acceptors (Lipinski definition) is 3. The van der Waals surface area contributed by atoms with E-state index in [2.05, 4.69) is 10.4 Å². The summed E-state index contributed by atoms with van der Waals surface area (Å²) in [6, 6.07) is 13.9. The number of halogens is 1. The van der Waals surface area contributed by atoms with Crippen LogP contribution < -0.4 is 10.1 Å². The summed E-state index contributed by atoms with van der Waals surface area (Å²) in [4.78, 5) is 12.3. The van der Waals surface area contributed by atoms with Crippen LogP contribution in [0, 0.1) is 26.6 Å². The topological polar surface area (TPSA) is 56.1 Å². The molecule has 0 unspecified atom stereocenters. The highest BCUT2D eigenvalue weighted by Gasteiger charge is 2.15. The van der Waals surface area contributed by atoms with Crippen molar-refractivity contribution in [1.29, 1.82) is 0 Å². The molecule has 0 radical (unpaired) electrons. The van der Waals surface area contributed by atoms with Crippen molar-refractivity contribution in [1.82, 2.24) is 9.78 Å². The first-order valence-electron chi connectivity index (χ1n) is 8.71. The van der Waals surface area contributed by atoms with Crippen molar-refractivity contribution in [2.24, 2.45) is 0 Å². The zero-order chi connectivity index (χ0) is 19.4. The molecule has 0 spiro atoms. The van der Waals surface area contributed by atoms with Crippen molar-refractivity contribution in [3.63, 3.8) is 0 Å². The third kappa shape index (κ3) is 4.53. The maximum absolute atomic E-state index is 13.4. The average Bonchev–Trinajstić information content (AvgIpc) is 2.88. The number of ether oxygens (including phenoxy) is 1. The third-order valence-electron chi connectivity index (χ3n) is 4.32. The van der Waals surface area contributed by atoms with Crippen LogP contribution in [0.1, 0.15) is 22.5 Å². The second-order valence-corrected chi connectivity index (χ2v) is 6.44. The molecule has 3 aromatic rings. The Bertz CT molecular complexity index is 966. The molecule has 6 heteroatoms. The van der Waals surface area contributed by atoms with Crippen molar-refractivity contribution in [3.05, 3.63) is 76.9 Å². The fourth-order valence-corrected chi connectivity index (χ4v) is 2.88. The predicted octanol–water partition coefficient (Wildman–Crippen LogP) is 4.01. The maximum atomic E-state index is 13.4. The Morgan fingerprint density at radius 1 is 1.15 bits per heavy atom. The number of para-hydroxylation sites is 1. The van der Waals surface area contributed by atoms with Crippen molar-refractivity contribution >= 4 is 11.6 Å². The van der Waals surface area contributed by atoms with Crippen LogP contribution in [-0.4, -0.2) is 22.3 Å². The number of hydrogen-bond donors (Lipinski definition) is 1. The molecule has 0 atom stereocenters. The third-order valence-corrected chi connectivity index (χ3v) is 4.32. The molecule has 140 valence electrons. The van der Waals surface area contributed by atoms with Gasteiger partial charge in [0.25, 0.3) is 5.91 Å². The standard InChI is InChI=1S/C21H22FN3O2/c1-14-7-4-5-10-19(14)27-13-20(26)23-21-15(2)24-25(16(21)3)12-17-8-6-9-18(22)11-17/h4-11H,12-13H2,1-3H3,(H,23,26). The Kier molecular flexibility index (Phi) is 5.54. The van der Waals surface area contributed by atoms with Crippen LogP contribution in [0.4, 0.5) is 10.1 Å². The highest BCUT2D eigenvalue weighted by molar-refractivity contribution is 5.93. The largest absolute Gasteiger partial charge is 0.483 e. The number of aromatic nitrogens is 2. The Morgan fingerprint density at radius 3 is 2.67 bits per heavy atom. The Hall–Kier alpha value is -3.15. The van der Waals surface area contributed by atoms with E-state index in [4.69, 9.17) is 4.74 Å². The highest BCUT2D eigenvalue weighted by atomic mass is 19.1. The van der Waals surface area contributed by atoms with E-state index in [1.165, 1.54) is 12.1 Å². The van der Waals surface area contributed by atoms with Crippen LogP contribution in [0.15, 0.2) is 48.5 Å². The van der Waals surface area contributed by atoms with E-state index in [-0.39, 0.29) is 18.3 Å². The zero-order valence-electron chi connectivity index (χ0n) is 15.6. The number of rotatable bonds is 6. The van der Waals surface area contributed by atoms with E-state index in [0.29, 0.717) is 23.7 Å². The van der Waals surface area contributed by atoms with Crippen LogP contribution in [-0.2, 0) is 11.3 Å². The lowest BCUT2D eigenvalue weighted by atomic mass is 10.2. The van der Waals surface area contributed by atoms with Gasteiger partial charge in [0.05, 0.1) is 23.6 Å². The Labute approximate surface area is 157 Å². The van der Waals surface area contributed by atoms with Crippen LogP contribution in [0.2, 0.25) is 0 Å². The van der Waals surface area contributed by atoms with E-state index in [1.807, 2.05) is 51.1 Å². The molecular formula is C21H22FN3O2. The summed E-state index contributed by atoms with van der Waals surface area (Å²) in [6.45, 7) is 5.97. The fourth-order valence-electron chi connectivity index (χ4n) is 2.88. The predicted molar refractivity (Wildman–Crippen MR) is 103 cm³/mol. The molecule has 3 rings (SSSR count). The molecule has 0 aliphatic rings. The van der Waals surface area contributed by atoms with Crippen LogP contribution in [0.5, 0.6) is 5.75 Å². The summed E-state index contributed by atoms with van der Waals surface area (Å²) in [5, 5.41) is 7.32. The molecule has 0 fully saturated rings. The summed E-state index contributed by atoms with van der Waals surface area (Å²) in [5.41, 5.74) is 3.95. The lowest BCUT2D eigenvalue weighted by Crippen LogP contribution is -2.21. The van der Waals surface area contributed by atoms with Gasteiger partial charge in [-0.25, -0.2) is 4.39 Å². The molecule has 1 aromatic heterocycles. The first-order chi connectivity index (χ1) is 12.9. The summed E-state index contributed by atoms with van der Waals surface area (Å²) in [7, 11) is 0. The van der Waals surface area contributed by atoms with E-state index >= 15 is 0 Å². The fraction of sp³-hybridized carbons (Fsp3) is 0.238. The van der Waals surface area contributed by atoms with Gasteiger partial charge in [-0.1, -0.05) is 30.3 Å². The molecule has 27 heavy (non-hydrogen) atoms. The average molecular weight is 367 g/mol. The van der Waals surface area contributed by atoms with Crippen molar-refractivity contribution in [2.45, 2.75) is 27.3 Å². The lowest BCUT2D eigenvalue weighted by molar-refractivity contribution is -0.118. The van der Waals surface area contributed by atoms with Gasteiger partial charge in [-0.15, -0.1) is 0 Å². The van der Waals surface area contributed by atoms with E-state index in [9.17, 15) is 9.18 Å². The van der Waals surface area contributed by atoms with Gasteiger partial charge in [0.15, 0.2) is 6.61 Å². The summed E-state index contributed by atoms with van der Waals surface area (Å²) in [6.07, 6.45) is 0. The van der Waals surface area contributed by atoms with Gasteiger partial charge in [-0.2, -0.15) is 5.10 Å². The number of anilines is 1. The molecule has 1 N–H and O–H groups in total. The molecule has 0 saturated carbocycles. The monoisotopic (exact) mass is 367 g/mol. The van der Waals surface area contributed by atoms with E-state index in [1.54, 1.807) is 10.7 Å². The van der Waals surface area contributed by atoms with E-state index in [0.717, 1.165) is 16.8 Å². The smallest absolute Gasteiger partial charge is 0.262 e. The molecule has 1 heterocycles. The van der Waals surface area contributed by atoms with Gasteiger partial charge in [-0.05, 0) is 50.1 Å². The second-order valence-electron chi connectivity index (χ2n) is 6.44. The molecule has 0 aliphatic carbocycles. The number of carbonyl (C=O) groups is 1. The van der Waals surface area contributed by atoms with Gasteiger partial charge in [0.2, 0.25) is 0 Å². The number of nitrogens with one attached hydrogen (secondary N) is 1. The Morgan fingerprint density at radius 2 is 1.93 bits per heavy atom. The molecule has 1 amide bonds. The molecule has 0 aliphatic heterocycles. The minimum Gasteiger partial charge on any atom is -0.483 e. The first kappa shape index (κ1) is 18.6. The minimum absolute atomic E-state index is 0.0845. The Balaban J connectivity index is 1.67. The maximum Gasteiger partial charge on any atom is 0.262 e. The van der Waals surface area contributed by atoms with Gasteiger partial charge in [-0.3, -0.25) is 9.48 Å². The number of carbonyl (C=O) groups excluding carboxylic acids is 1. The van der Waals surface area contributed by atoms with Crippen molar-refractivity contribution in [2.75, 3.05) is 11.9 Å². The lowest BCUT2D eigenvalue weighted by Gasteiger charge is -2.10. The second kappa shape index (κ2) is 8.03. The summed E-state index contributed by atoms with van der Waals surface area (Å²) in [5.74, 6) is 0.147. The first-order valence-corrected chi connectivity index (χ1v) is 8.71. The van der Waals surface area contributed by atoms with Crippen LogP contribution >= 0.6 is 0 Å². The van der Waals surface area contributed by atoms with E-state index < -0.39 is 0 Å². The SMILES string of the molecule is Cc1ccccc1OCC(=O)Nc1c(C)nn(Cc2cccc(F)c2)c1C. The molecule has 0 bridgehead atoms. The summed E-state index contributed by atoms with van der Waals surface area (Å²) >= 11 is 0. The van der Waals surface area contributed by atoms with Gasteiger partial charge < -0.3 is 10.1 Å². The number of nitrogens with zero attached hydrogens (tertiary/aromatic N) is 2. The highest BCUT2D eigenvalue weighted by Crippen LogP contribution is 2.21. The van der Waals surface area contributed by atoms with Gasteiger partial charge >= 0.3 is 0 Å². The molecule has 2 aromatic carbocycles. The number of amides is 1. The number of benzene rings is 2. The van der Waals surface area contributed by atoms with Crippen LogP contribution in [0.3, 0.4) is 0 Å². The quantitative estimate of drug-likeness (QED) is 0.716. The van der Waals surface area contributed by atoms with Gasteiger partial charge in [0, 0.05) is 0 Å². The van der Waals surface area contributed by atoms with Crippen molar-refractivity contribution in [3.8, 4) is 5.75 Å². The zero-order valence-corrected chi connectivity index (χ0v) is 15.6. The minimum atomic E-state index is -0.282. The van der Waals surface area contributed by atoms with Gasteiger partial charge in [0.1, 0.15) is 11.6 Å². The number of aryl methyl sites for hydroxylation is 2. The van der Waals surface area contributed by atoms with Crippen molar-refractivity contribution < 1.29 is 13.9 Å². The summed E-state index contributed by atoms with van der Waals surface area (Å²) < 4.78 is 20.7. The molecular weight excluding hydrogens is 345 g/mol. The molecule has 0 saturated heterocycles. The molecule has 5 nitrogen and oxygen atoms in total. The normalized spacial score (nSPS) is 10.7. The van der Waals surface area contributed by atoms with Crippen LogP contribution in [0.25, 0.3) is 0 Å².